The van der Waals surface area contributed by atoms with Gasteiger partial charge in [0, 0.05) is 18.8 Å². The first-order valence-corrected chi connectivity index (χ1v) is 6.42. The van der Waals surface area contributed by atoms with Crippen LogP contribution in [-0.2, 0) is 4.79 Å². The SMILES string of the molecule is CC(C(=O)O)N(C)C(=O)NCC1CCCS1. The summed E-state index contributed by atoms with van der Waals surface area (Å²) in [7, 11) is 1.50. The van der Waals surface area contributed by atoms with Gasteiger partial charge in [0.05, 0.1) is 0 Å². The molecule has 2 amide bonds. The molecule has 0 aromatic heterocycles. The van der Waals surface area contributed by atoms with E-state index in [9.17, 15) is 9.59 Å². The zero-order valence-corrected chi connectivity index (χ0v) is 10.4. The van der Waals surface area contributed by atoms with Crippen LogP contribution in [0, 0.1) is 0 Å². The highest BCUT2D eigenvalue weighted by Gasteiger charge is 2.23. The molecule has 0 aromatic rings. The van der Waals surface area contributed by atoms with Gasteiger partial charge in [0.2, 0.25) is 0 Å². The van der Waals surface area contributed by atoms with E-state index in [2.05, 4.69) is 5.32 Å². The topological polar surface area (TPSA) is 69.6 Å². The van der Waals surface area contributed by atoms with E-state index in [1.165, 1.54) is 25.3 Å². The first kappa shape index (κ1) is 13.2. The van der Waals surface area contributed by atoms with Crippen LogP contribution in [0.25, 0.3) is 0 Å². The highest BCUT2D eigenvalue weighted by Crippen LogP contribution is 2.25. The Bertz CT molecular complexity index is 267. The summed E-state index contributed by atoms with van der Waals surface area (Å²) in [5.74, 6) is 0.162. The van der Waals surface area contributed by atoms with Crippen molar-refractivity contribution in [3.8, 4) is 0 Å². The van der Waals surface area contributed by atoms with E-state index in [0.717, 1.165) is 12.2 Å². The number of aliphatic carboxylic acids is 1. The second-order valence-corrected chi connectivity index (χ2v) is 5.35. The van der Waals surface area contributed by atoms with Crippen LogP contribution < -0.4 is 5.32 Å². The molecule has 0 aromatic carbocycles. The Morgan fingerprint density at radius 3 is 2.81 bits per heavy atom. The molecule has 6 heteroatoms. The number of amides is 2. The predicted molar refractivity (Wildman–Crippen MR) is 63.7 cm³/mol. The van der Waals surface area contributed by atoms with Crippen molar-refractivity contribution in [2.45, 2.75) is 31.1 Å². The van der Waals surface area contributed by atoms with Crippen molar-refractivity contribution >= 4 is 23.8 Å². The normalized spacial score (nSPS) is 21.5. The summed E-state index contributed by atoms with van der Waals surface area (Å²) in [6, 6.07) is -1.11. The maximum Gasteiger partial charge on any atom is 0.326 e. The minimum absolute atomic E-state index is 0.317. The van der Waals surface area contributed by atoms with Crippen LogP contribution >= 0.6 is 11.8 Å². The second-order valence-electron chi connectivity index (χ2n) is 3.95. The van der Waals surface area contributed by atoms with Crippen LogP contribution in [0.4, 0.5) is 4.79 Å². The van der Waals surface area contributed by atoms with E-state index < -0.39 is 12.0 Å². The van der Waals surface area contributed by atoms with Gasteiger partial charge in [-0.25, -0.2) is 9.59 Å². The largest absolute Gasteiger partial charge is 0.480 e. The number of likely N-dealkylation sites (N-methyl/N-ethyl adjacent to an activating group) is 1. The average molecular weight is 246 g/mol. The number of nitrogens with one attached hydrogen (secondary N) is 1. The molecule has 0 saturated carbocycles. The molecule has 1 aliphatic rings. The van der Waals surface area contributed by atoms with Crippen LogP contribution in [0.2, 0.25) is 0 Å². The molecule has 5 nitrogen and oxygen atoms in total. The molecular formula is C10H18N2O3S. The van der Waals surface area contributed by atoms with Crippen molar-refractivity contribution in [1.29, 1.82) is 0 Å². The van der Waals surface area contributed by atoms with Crippen LogP contribution in [-0.4, -0.2) is 52.6 Å². The smallest absolute Gasteiger partial charge is 0.326 e. The van der Waals surface area contributed by atoms with Crippen LogP contribution in [0.3, 0.4) is 0 Å². The maximum absolute atomic E-state index is 11.6. The number of hydrogen-bond donors (Lipinski definition) is 2. The highest BCUT2D eigenvalue weighted by atomic mass is 32.2. The molecule has 0 bridgehead atoms. The summed E-state index contributed by atoms with van der Waals surface area (Å²) in [6.45, 7) is 2.12. The average Bonchev–Trinajstić information content (AvgIpc) is 2.76. The van der Waals surface area contributed by atoms with Gasteiger partial charge in [0.25, 0.3) is 0 Å². The van der Waals surface area contributed by atoms with Gasteiger partial charge in [0.15, 0.2) is 0 Å². The van der Waals surface area contributed by atoms with Gasteiger partial charge < -0.3 is 15.3 Å². The quantitative estimate of drug-likeness (QED) is 0.776. The fourth-order valence-corrected chi connectivity index (χ4v) is 2.67. The molecule has 1 saturated heterocycles. The summed E-state index contributed by atoms with van der Waals surface area (Å²) in [4.78, 5) is 23.5. The highest BCUT2D eigenvalue weighted by molar-refractivity contribution is 8.00. The molecule has 2 atom stereocenters. The Morgan fingerprint density at radius 2 is 2.31 bits per heavy atom. The summed E-state index contributed by atoms with van der Waals surface area (Å²) < 4.78 is 0. The lowest BCUT2D eigenvalue weighted by molar-refractivity contribution is -0.141. The molecule has 1 rings (SSSR count). The zero-order valence-electron chi connectivity index (χ0n) is 9.60. The Morgan fingerprint density at radius 1 is 1.62 bits per heavy atom. The molecule has 16 heavy (non-hydrogen) atoms. The summed E-state index contributed by atoms with van der Waals surface area (Å²) in [6.07, 6.45) is 2.33. The lowest BCUT2D eigenvalue weighted by Crippen LogP contribution is -2.47. The van der Waals surface area contributed by atoms with Crippen molar-refractivity contribution in [1.82, 2.24) is 10.2 Å². The minimum Gasteiger partial charge on any atom is -0.480 e. The van der Waals surface area contributed by atoms with Gasteiger partial charge >= 0.3 is 12.0 Å². The van der Waals surface area contributed by atoms with E-state index in [0.29, 0.717) is 11.8 Å². The standard InChI is InChI=1S/C10H18N2O3S/c1-7(9(13)14)12(2)10(15)11-6-8-4-3-5-16-8/h7-8H,3-6H2,1-2H3,(H,11,15)(H,13,14). The molecule has 0 aliphatic carbocycles. The molecule has 0 radical (unpaired) electrons. The Hall–Kier alpha value is -0.910. The fourth-order valence-electron chi connectivity index (χ4n) is 1.47. The first-order chi connectivity index (χ1) is 7.52. The van der Waals surface area contributed by atoms with E-state index in [-0.39, 0.29) is 6.03 Å². The predicted octanol–water partition coefficient (Wildman–Crippen LogP) is 0.997. The van der Waals surface area contributed by atoms with Crippen molar-refractivity contribution in [2.24, 2.45) is 0 Å². The monoisotopic (exact) mass is 246 g/mol. The number of carbonyl (C=O) groups excluding carboxylic acids is 1. The first-order valence-electron chi connectivity index (χ1n) is 5.37. The number of hydrogen-bond acceptors (Lipinski definition) is 3. The lowest BCUT2D eigenvalue weighted by atomic mass is 10.2. The van der Waals surface area contributed by atoms with Crippen LogP contribution in [0.1, 0.15) is 19.8 Å². The van der Waals surface area contributed by atoms with Crippen LogP contribution in [0.5, 0.6) is 0 Å². The number of carboxylic acid groups (broad SMARTS) is 1. The molecule has 92 valence electrons. The van der Waals surface area contributed by atoms with Crippen molar-refractivity contribution in [3.05, 3.63) is 0 Å². The van der Waals surface area contributed by atoms with E-state index in [1.807, 2.05) is 11.8 Å². The molecule has 0 spiro atoms. The van der Waals surface area contributed by atoms with Gasteiger partial charge in [-0.05, 0) is 25.5 Å². The lowest BCUT2D eigenvalue weighted by Gasteiger charge is -2.22. The van der Waals surface area contributed by atoms with Gasteiger partial charge in [0.1, 0.15) is 6.04 Å². The third-order valence-corrected chi connectivity index (χ3v) is 4.16. The summed E-state index contributed by atoms with van der Waals surface area (Å²) in [5, 5.41) is 12.0. The molecule has 2 N–H and O–H groups in total. The molecule has 2 unspecified atom stereocenters. The van der Waals surface area contributed by atoms with E-state index in [4.69, 9.17) is 5.11 Å². The van der Waals surface area contributed by atoms with E-state index in [1.54, 1.807) is 0 Å². The molecule has 1 fully saturated rings. The van der Waals surface area contributed by atoms with Crippen molar-refractivity contribution < 1.29 is 14.7 Å². The van der Waals surface area contributed by atoms with Gasteiger partial charge in [-0.15, -0.1) is 0 Å². The Kier molecular flexibility index (Phi) is 4.92. The number of carbonyl (C=O) groups is 2. The second kappa shape index (κ2) is 5.98. The van der Waals surface area contributed by atoms with Crippen LogP contribution in [0.15, 0.2) is 0 Å². The fraction of sp³-hybridized carbons (Fsp3) is 0.800. The van der Waals surface area contributed by atoms with Gasteiger partial charge in [-0.2, -0.15) is 11.8 Å². The number of nitrogens with zero attached hydrogens (tertiary/aromatic N) is 1. The number of urea groups is 1. The third kappa shape index (κ3) is 3.59. The third-order valence-electron chi connectivity index (χ3n) is 2.76. The maximum atomic E-state index is 11.6. The zero-order chi connectivity index (χ0) is 12.1. The van der Waals surface area contributed by atoms with Gasteiger partial charge in [-0.1, -0.05) is 0 Å². The summed E-state index contributed by atoms with van der Waals surface area (Å²) >= 11 is 1.86. The number of thioether (sulfide) groups is 1. The molecule has 1 heterocycles. The Labute approximate surface area is 99.6 Å². The van der Waals surface area contributed by atoms with Gasteiger partial charge in [-0.3, -0.25) is 0 Å². The number of carboxylic acids is 1. The van der Waals surface area contributed by atoms with Crippen molar-refractivity contribution in [2.75, 3.05) is 19.3 Å². The molecule has 1 aliphatic heterocycles. The Balaban J connectivity index is 2.30. The molecular weight excluding hydrogens is 228 g/mol. The van der Waals surface area contributed by atoms with Crippen molar-refractivity contribution in [3.63, 3.8) is 0 Å². The van der Waals surface area contributed by atoms with E-state index >= 15 is 0 Å². The number of rotatable bonds is 4. The minimum atomic E-state index is -0.993. The summed E-state index contributed by atoms with van der Waals surface area (Å²) in [5.41, 5.74) is 0.